The second-order valence-corrected chi connectivity index (χ2v) is 8.63. The number of allylic oxidation sites excluding steroid dienone is 3. The molecule has 0 heterocycles. The molecule has 1 aliphatic carbocycles. The quantitative estimate of drug-likeness (QED) is 0.624. The van der Waals surface area contributed by atoms with Crippen LogP contribution in [0.15, 0.2) is 93.6 Å². The Hall–Kier alpha value is -1.44. The number of hydrogen-bond acceptors (Lipinski definition) is 0. The Labute approximate surface area is 126 Å². The van der Waals surface area contributed by atoms with Crippen LogP contribution < -0.4 is 0 Å². The maximum absolute atomic E-state index is 7.23. The van der Waals surface area contributed by atoms with Crippen molar-refractivity contribution in [2.24, 2.45) is 0 Å². The zero-order chi connectivity index (χ0) is 13.8. The second-order valence-electron chi connectivity index (χ2n) is 4.75. The van der Waals surface area contributed by atoms with E-state index in [1.165, 1.54) is 14.7 Å². The van der Waals surface area contributed by atoms with Crippen molar-refractivity contribution in [3.05, 3.63) is 83.8 Å². The molecule has 0 aliphatic heterocycles. The molecule has 0 N–H and O–H groups in total. The van der Waals surface area contributed by atoms with Crippen molar-refractivity contribution in [1.29, 1.82) is 0 Å². The predicted molar refractivity (Wildman–Crippen MR) is 89.3 cm³/mol. The third-order valence-electron chi connectivity index (χ3n) is 3.42. The molecule has 1 aliphatic rings. The van der Waals surface area contributed by atoms with Crippen molar-refractivity contribution < 1.29 is 0 Å². The first-order chi connectivity index (χ1) is 9.82. The highest BCUT2D eigenvalue weighted by Gasteiger charge is 2.29. The zero-order valence-electron chi connectivity index (χ0n) is 11.2. The Bertz CT molecular complexity index is 589. The van der Waals surface area contributed by atoms with Crippen molar-refractivity contribution in [2.75, 3.05) is 0 Å². The molecule has 0 aromatic heterocycles. The van der Waals surface area contributed by atoms with Crippen LogP contribution in [0.1, 0.15) is 12.8 Å². The highest BCUT2D eigenvalue weighted by molar-refractivity contribution is 8.53. The Kier molecular flexibility index (Phi) is 4.00. The van der Waals surface area contributed by atoms with E-state index in [9.17, 15) is 0 Å². The van der Waals surface area contributed by atoms with Crippen LogP contribution in [0.3, 0.4) is 0 Å². The molecule has 102 valence electrons. The van der Waals surface area contributed by atoms with Crippen LogP contribution in [0.4, 0.5) is 0 Å². The van der Waals surface area contributed by atoms with E-state index in [0.717, 1.165) is 12.8 Å². The highest BCUT2D eigenvalue weighted by atomic mass is 35.7. The molecule has 20 heavy (non-hydrogen) atoms. The first-order valence-corrected chi connectivity index (χ1v) is 9.27. The summed E-state index contributed by atoms with van der Waals surface area (Å²) in [4.78, 5) is 3.65. The molecule has 0 saturated heterocycles. The summed E-state index contributed by atoms with van der Waals surface area (Å²) in [6.45, 7) is 0. The maximum atomic E-state index is 7.23. The first-order valence-electron chi connectivity index (χ1n) is 6.82. The monoisotopic (exact) mass is 300 g/mol. The lowest BCUT2D eigenvalue weighted by molar-refractivity contribution is 1.03. The van der Waals surface area contributed by atoms with Gasteiger partial charge in [-0.05, 0) is 37.1 Å². The molecule has 0 amide bonds. The van der Waals surface area contributed by atoms with Gasteiger partial charge < -0.3 is 0 Å². The van der Waals surface area contributed by atoms with Gasteiger partial charge in [0.15, 0.2) is 0 Å². The summed E-state index contributed by atoms with van der Waals surface area (Å²) < 4.78 is 0. The minimum atomic E-state index is -1.65. The molecule has 0 spiro atoms. The van der Waals surface area contributed by atoms with Gasteiger partial charge in [-0.3, -0.25) is 0 Å². The Morgan fingerprint density at radius 1 is 0.750 bits per heavy atom. The van der Waals surface area contributed by atoms with E-state index < -0.39 is 9.24 Å². The largest absolute Gasteiger partial charge is 0.0831 e. The van der Waals surface area contributed by atoms with Crippen LogP contribution in [-0.2, 0) is 0 Å². The topological polar surface area (TPSA) is 0 Å². The predicted octanol–water partition coefficient (Wildman–Crippen LogP) is 6.30. The average molecular weight is 301 g/mol. The summed E-state index contributed by atoms with van der Waals surface area (Å²) >= 11 is 0. The number of halogens is 1. The van der Waals surface area contributed by atoms with Gasteiger partial charge in [-0.1, -0.05) is 74.6 Å². The summed E-state index contributed by atoms with van der Waals surface area (Å²) in [5.74, 6) is 0. The van der Waals surface area contributed by atoms with Crippen molar-refractivity contribution in [3.8, 4) is 0 Å². The number of rotatable bonds is 3. The molecule has 2 heteroatoms. The van der Waals surface area contributed by atoms with Crippen LogP contribution in [0.5, 0.6) is 0 Å². The lowest BCUT2D eigenvalue weighted by Crippen LogP contribution is -1.99. The van der Waals surface area contributed by atoms with Gasteiger partial charge in [0.1, 0.15) is 0 Å². The minimum Gasteiger partial charge on any atom is -0.0831 e. The van der Waals surface area contributed by atoms with Crippen LogP contribution >= 0.6 is 19.9 Å². The fourth-order valence-electron chi connectivity index (χ4n) is 2.42. The molecule has 0 radical (unpaired) electrons. The van der Waals surface area contributed by atoms with Gasteiger partial charge in [-0.2, -0.15) is 0 Å². The molecule has 0 nitrogen and oxygen atoms in total. The van der Waals surface area contributed by atoms with E-state index in [1.807, 2.05) is 12.1 Å². The first kappa shape index (κ1) is 13.5. The van der Waals surface area contributed by atoms with Gasteiger partial charge in [0.05, 0.1) is 0 Å². The molecule has 2 aromatic carbocycles. The van der Waals surface area contributed by atoms with Gasteiger partial charge >= 0.3 is 0 Å². The molecule has 0 unspecified atom stereocenters. The summed E-state index contributed by atoms with van der Waals surface area (Å²) in [7, 11) is 5.58. The van der Waals surface area contributed by atoms with Gasteiger partial charge in [-0.25, -0.2) is 0 Å². The Balaban J connectivity index is 2.18. The van der Waals surface area contributed by atoms with E-state index in [4.69, 9.17) is 10.7 Å². The molecular weight excluding hydrogens is 284 g/mol. The van der Waals surface area contributed by atoms with Crippen molar-refractivity contribution in [2.45, 2.75) is 22.6 Å². The summed E-state index contributed by atoms with van der Waals surface area (Å²) in [5, 5.41) is 0. The lowest BCUT2D eigenvalue weighted by Gasteiger charge is -2.36. The molecule has 0 fully saturated rings. The standard InChI is InChI=1S/C18H17ClS/c19-20(16-10-4-1-5-11-16,17-12-6-2-7-13-17)18-14-8-3-9-15-18/h1-2,4-8,10-15H,3,9H2. The minimum absolute atomic E-state index is 1.08. The number of hydrogen-bond donors (Lipinski definition) is 0. The van der Waals surface area contributed by atoms with Gasteiger partial charge in [0.2, 0.25) is 0 Å². The van der Waals surface area contributed by atoms with E-state index >= 15 is 0 Å². The second kappa shape index (κ2) is 5.90. The SMILES string of the molecule is ClS(C1=CCCC=C1)(c1ccccc1)c1ccccc1. The molecule has 3 rings (SSSR count). The van der Waals surface area contributed by atoms with E-state index in [-0.39, 0.29) is 0 Å². The van der Waals surface area contributed by atoms with E-state index in [2.05, 4.69) is 66.8 Å². The van der Waals surface area contributed by atoms with Crippen LogP contribution in [0.2, 0.25) is 0 Å². The average Bonchev–Trinajstić information content (AvgIpc) is 2.56. The fraction of sp³-hybridized carbons (Fsp3) is 0.111. The van der Waals surface area contributed by atoms with E-state index in [1.54, 1.807) is 0 Å². The van der Waals surface area contributed by atoms with Gasteiger partial charge in [-0.15, -0.1) is 0 Å². The summed E-state index contributed by atoms with van der Waals surface area (Å²) in [6, 6.07) is 20.9. The molecule has 0 bridgehead atoms. The van der Waals surface area contributed by atoms with E-state index in [0.29, 0.717) is 0 Å². The molecule has 0 saturated carbocycles. The van der Waals surface area contributed by atoms with Crippen LogP contribution in [-0.4, -0.2) is 0 Å². The molecule has 0 atom stereocenters. The number of benzene rings is 2. The van der Waals surface area contributed by atoms with Crippen LogP contribution in [0, 0.1) is 0 Å². The van der Waals surface area contributed by atoms with Crippen molar-refractivity contribution in [1.82, 2.24) is 0 Å². The summed E-state index contributed by atoms with van der Waals surface area (Å²) in [6.07, 6.45) is 8.91. The highest BCUT2D eigenvalue weighted by Crippen LogP contribution is 2.72. The van der Waals surface area contributed by atoms with Crippen molar-refractivity contribution >= 4 is 19.9 Å². The summed E-state index contributed by atoms with van der Waals surface area (Å²) in [5.41, 5.74) is 0. The molecular formula is C18H17ClS. The third-order valence-corrected chi connectivity index (χ3v) is 7.82. The Morgan fingerprint density at radius 2 is 1.30 bits per heavy atom. The fourth-order valence-corrected chi connectivity index (χ4v) is 5.89. The smallest absolute Gasteiger partial charge is 0.0116 e. The van der Waals surface area contributed by atoms with Gasteiger partial charge in [0.25, 0.3) is 0 Å². The Morgan fingerprint density at radius 3 is 1.75 bits per heavy atom. The normalized spacial score (nSPS) is 15.8. The zero-order valence-corrected chi connectivity index (χ0v) is 12.8. The lowest BCUT2D eigenvalue weighted by atomic mass is 10.2. The molecule has 2 aromatic rings. The maximum Gasteiger partial charge on any atom is 0.0116 e. The van der Waals surface area contributed by atoms with Gasteiger partial charge in [0, 0.05) is 14.7 Å². The third kappa shape index (κ3) is 2.44. The van der Waals surface area contributed by atoms with Crippen LogP contribution in [0.25, 0.3) is 0 Å². The van der Waals surface area contributed by atoms with Crippen molar-refractivity contribution in [3.63, 3.8) is 0 Å².